The molecule has 0 spiro atoms. The number of aliphatic hydroxyl groups excluding tert-OH is 1. The minimum absolute atomic E-state index is 0.233. The topological polar surface area (TPSA) is 49.2 Å². The molecule has 15 heavy (non-hydrogen) atoms. The highest BCUT2D eigenvalue weighted by molar-refractivity contribution is 6.29. The van der Waals surface area contributed by atoms with Gasteiger partial charge in [0.15, 0.2) is 0 Å². The van der Waals surface area contributed by atoms with Crippen molar-refractivity contribution in [3.63, 3.8) is 0 Å². The zero-order valence-electron chi connectivity index (χ0n) is 8.60. The average molecular weight is 228 g/mol. The van der Waals surface area contributed by atoms with E-state index >= 15 is 0 Å². The van der Waals surface area contributed by atoms with Gasteiger partial charge in [0.05, 0.1) is 0 Å². The predicted octanol–water partition coefficient (Wildman–Crippen LogP) is 1.19. The van der Waals surface area contributed by atoms with E-state index in [1.807, 2.05) is 0 Å². The van der Waals surface area contributed by atoms with E-state index in [4.69, 9.17) is 11.6 Å². The lowest BCUT2D eigenvalue weighted by atomic mass is 10.00. The number of rotatable bonds is 2. The highest BCUT2D eigenvalue weighted by Crippen LogP contribution is 2.26. The van der Waals surface area contributed by atoms with Crippen LogP contribution in [0.15, 0.2) is 12.4 Å². The molecule has 1 aliphatic rings. The Morgan fingerprint density at radius 2 is 2.33 bits per heavy atom. The summed E-state index contributed by atoms with van der Waals surface area (Å²) in [6, 6.07) is 1.76. The Balaban J connectivity index is 2.13. The molecule has 0 unspecified atom stereocenters. The van der Waals surface area contributed by atoms with Crippen LogP contribution in [0.2, 0.25) is 5.15 Å². The van der Waals surface area contributed by atoms with Crippen LogP contribution < -0.4 is 4.90 Å². The molecule has 1 aromatic rings. The fourth-order valence-electron chi connectivity index (χ4n) is 1.96. The number of nitrogens with zero attached hydrogens (tertiary/aromatic N) is 3. The van der Waals surface area contributed by atoms with E-state index in [-0.39, 0.29) is 6.61 Å². The predicted molar refractivity (Wildman–Crippen MR) is 59.0 cm³/mol. The molecule has 82 valence electrons. The van der Waals surface area contributed by atoms with Gasteiger partial charge >= 0.3 is 0 Å². The van der Waals surface area contributed by atoms with Crippen molar-refractivity contribution in [2.75, 3.05) is 24.6 Å². The van der Waals surface area contributed by atoms with Crippen LogP contribution in [0.5, 0.6) is 0 Å². The van der Waals surface area contributed by atoms with E-state index in [9.17, 15) is 5.11 Å². The second kappa shape index (κ2) is 4.33. The smallest absolute Gasteiger partial charge is 0.134 e. The van der Waals surface area contributed by atoms with Crippen LogP contribution in [0.25, 0.3) is 0 Å². The second-order valence-corrected chi connectivity index (χ2v) is 4.41. The van der Waals surface area contributed by atoms with Crippen LogP contribution in [-0.4, -0.2) is 34.8 Å². The molecule has 0 amide bonds. The lowest BCUT2D eigenvalue weighted by molar-refractivity contribution is 0.212. The molecule has 0 bridgehead atoms. The molecule has 1 N–H and O–H groups in total. The first-order valence-electron chi connectivity index (χ1n) is 5.04. The summed E-state index contributed by atoms with van der Waals surface area (Å²) in [5.41, 5.74) is 0. The second-order valence-electron chi connectivity index (χ2n) is 4.02. The molecule has 2 heterocycles. The molecule has 5 heteroatoms. The number of anilines is 1. The molecule has 0 aromatic carbocycles. The number of aromatic nitrogens is 2. The van der Waals surface area contributed by atoms with E-state index in [2.05, 4.69) is 21.8 Å². The maximum Gasteiger partial charge on any atom is 0.134 e. The Morgan fingerprint density at radius 1 is 1.53 bits per heavy atom. The lowest BCUT2D eigenvalue weighted by Crippen LogP contribution is -2.21. The van der Waals surface area contributed by atoms with Crippen LogP contribution in [0.1, 0.15) is 6.92 Å². The summed E-state index contributed by atoms with van der Waals surface area (Å²) in [5.74, 6) is 1.67. The quantitative estimate of drug-likeness (QED) is 0.772. The van der Waals surface area contributed by atoms with Crippen molar-refractivity contribution in [1.29, 1.82) is 0 Å². The molecule has 1 saturated heterocycles. The highest BCUT2D eigenvalue weighted by Gasteiger charge is 2.29. The molecule has 2 atom stereocenters. The molecule has 4 nitrogen and oxygen atoms in total. The molecule has 1 fully saturated rings. The standard InChI is InChI=1S/C10H14ClN3O/c1-7-3-14(4-8(7)5-15)10-2-9(11)12-6-13-10/h2,6-8,15H,3-5H2,1H3/t7-,8-/m0/s1. The van der Waals surface area contributed by atoms with E-state index in [1.165, 1.54) is 6.33 Å². The van der Waals surface area contributed by atoms with Crippen molar-refractivity contribution in [2.24, 2.45) is 11.8 Å². The summed E-state index contributed by atoms with van der Waals surface area (Å²) in [6.45, 7) is 4.13. The average Bonchev–Trinajstić information content (AvgIpc) is 2.60. The zero-order valence-corrected chi connectivity index (χ0v) is 9.35. The van der Waals surface area contributed by atoms with Gasteiger partial charge in [0.25, 0.3) is 0 Å². The fraction of sp³-hybridized carbons (Fsp3) is 0.600. The Bertz CT molecular complexity index is 347. The first kappa shape index (κ1) is 10.6. The van der Waals surface area contributed by atoms with Crippen LogP contribution in [0.3, 0.4) is 0 Å². The Labute approximate surface area is 93.9 Å². The van der Waals surface area contributed by atoms with Gasteiger partial charge in [0.1, 0.15) is 17.3 Å². The number of hydrogen-bond donors (Lipinski definition) is 1. The van der Waals surface area contributed by atoms with Crippen LogP contribution in [-0.2, 0) is 0 Å². The van der Waals surface area contributed by atoms with Crippen molar-refractivity contribution in [3.05, 3.63) is 17.5 Å². The first-order chi connectivity index (χ1) is 7.20. The third-order valence-corrected chi connectivity index (χ3v) is 3.15. The van der Waals surface area contributed by atoms with Crippen molar-refractivity contribution in [1.82, 2.24) is 9.97 Å². The molecule has 2 rings (SSSR count). The highest BCUT2D eigenvalue weighted by atomic mass is 35.5. The molecule has 1 aromatic heterocycles. The van der Waals surface area contributed by atoms with Crippen molar-refractivity contribution in [3.8, 4) is 0 Å². The molecular formula is C10H14ClN3O. The Morgan fingerprint density at radius 3 is 2.93 bits per heavy atom. The van der Waals surface area contributed by atoms with Crippen molar-refractivity contribution in [2.45, 2.75) is 6.92 Å². The monoisotopic (exact) mass is 227 g/mol. The third kappa shape index (κ3) is 2.21. The fourth-order valence-corrected chi connectivity index (χ4v) is 2.10. The lowest BCUT2D eigenvalue weighted by Gasteiger charge is -2.16. The summed E-state index contributed by atoms with van der Waals surface area (Å²) in [6.07, 6.45) is 1.47. The van der Waals surface area contributed by atoms with E-state index in [0.717, 1.165) is 18.9 Å². The minimum atomic E-state index is 0.233. The van der Waals surface area contributed by atoms with Gasteiger partial charge in [-0.1, -0.05) is 18.5 Å². The zero-order chi connectivity index (χ0) is 10.8. The van der Waals surface area contributed by atoms with Gasteiger partial charge in [-0.05, 0) is 5.92 Å². The molecular weight excluding hydrogens is 214 g/mol. The SMILES string of the molecule is C[C@H]1CN(c2cc(Cl)ncn2)C[C@H]1CO. The van der Waals surface area contributed by atoms with Crippen LogP contribution >= 0.6 is 11.6 Å². The first-order valence-corrected chi connectivity index (χ1v) is 5.42. The van der Waals surface area contributed by atoms with Gasteiger partial charge in [-0.3, -0.25) is 0 Å². The van der Waals surface area contributed by atoms with Gasteiger partial charge < -0.3 is 10.0 Å². The van der Waals surface area contributed by atoms with Gasteiger partial charge in [-0.25, -0.2) is 9.97 Å². The summed E-state index contributed by atoms with van der Waals surface area (Å²) >= 11 is 5.80. The normalized spacial score (nSPS) is 25.9. The van der Waals surface area contributed by atoms with E-state index < -0.39 is 0 Å². The summed E-state index contributed by atoms with van der Waals surface area (Å²) in [4.78, 5) is 10.2. The third-order valence-electron chi connectivity index (χ3n) is 2.95. The number of halogens is 1. The molecule has 0 radical (unpaired) electrons. The van der Waals surface area contributed by atoms with Crippen LogP contribution in [0.4, 0.5) is 5.82 Å². The van der Waals surface area contributed by atoms with Gasteiger partial charge in [-0.2, -0.15) is 0 Å². The van der Waals surface area contributed by atoms with E-state index in [0.29, 0.717) is 17.0 Å². The largest absolute Gasteiger partial charge is 0.396 e. The van der Waals surface area contributed by atoms with E-state index in [1.54, 1.807) is 6.07 Å². The molecule has 0 saturated carbocycles. The Hall–Kier alpha value is -0.870. The number of aliphatic hydroxyl groups is 1. The van der Waals surface area contributed by atoms with Crippen molar-refractivity contribution < 1.29 is 5.11 Å². The van der Waals surface area contributed by atoms with Gasteiger partial charge in [-0.15, -0.1) is 0 Å². The summed E-state index contributed by atoms with van der Waals surface area (Å²) in [5, 5.41) is 9.63. The maximum absolute atomic E-state index is 9.17. The Kier molecular flexibility index (Phi) is 3.07. The van der Waals surface area contributed by atoms with Gasteiger partial charge in [0.2, 0.25) is 0 Å². The van der Waals surface area contributed by atoms with Crippen LogP contribution in [0, 0.1) is 11.8 Å². The summed E-state index contributed by atoms with van der Waals surface area (Å²) in [7, 11) is 0. The summed E-state index contributed by atoms with van der Waals surface area (Å²) < 4.78 is 0. The maximum atomic E-state index is 9.17. The minimum Gasteiger partial charge on any atom is -0.396 e. The number of hydrogen-bond acceptors (Lipinski definition) is 4. The molecule has 1 aliphatic heterocycles. The molecule has 0 aliphatic carbocycles. The van der Waals surface area contributed by atoms with Gasteiger partial charge in [0, 0.05) is 31.7 Å². The van der Waals surface area contributed by atoms with Crippen molar-refractivity contribution >= 4 is 17.4 Å².